The van der Waals surface area contributed by atoms with Crippen LogP contribution in [-0.2, 0) is 11.3 Å². The highest BCUT2D eigenvalue weighted by Crippen LogP contribution is 2.22. The van der Waals surface area contributed by atoms with Gasteiger partial charge in [0, 0.05) is 0 Å². The van der Waals surface area contributed by atoms with Crippen molar-refractivity contribution in [1.29, 1.82) is 0 Å². The molecular formula is C16H13NO3S. The molecule has 0 aliphatic carbocycles. The molecule has 0 atom stereocenters. The minimum atomic E-state index is -0.364. The highest BCUT2D eigenvalue weighted by atomic mass is 32.1. The Balaban J connectivity index is 1.67. The minimum absolute atomic E-state index is 0.185. The molecule has 21 heavy (non-hydrogen) atoms. The predicted molar refractivity (Wildman–Crippen MR) is 81.7 cm³/mol. The Morgan fingerprint density at radius 1 is 1.14 bits per heavy atom. The summed E-state index contributed by atoms with van der Waals surface area (Å²) in [5.41, 5.74) is 1.43. The van der Waals surface area contributed by atoms with Crippen LogP contribution in [0.4, 0.5) is 0 Å². The molecule has 3 rings (SSSR count). The zero-order valence-electron chi connectivity index (χ0n) is 11.4. The van der Waals surface area contributed by atoms with Gasteiger partial charge in [0.1, 0.15) is 17.4 Å². The van der Waals surface area contributed by atoms with Gasteiger partial charge in [-0.1, -0.05) is 12.1 Å². The van der Waals surface area contributed by atoms with Gasteiger partial charge in [-0.05, 0) is 36.4 Å². The van der Waals surface area contributed by atoms with Gasteiger partial charge in [-0.3, -0.25) is 0 Å². The van der Waals surface area contributed by atoms with Crippen LogP contribution in [0.3, 0.4) is 0 Å². The number of para-hydroxylation sites is 1. The zero-order valence-corrected chi connectivity index (χ0v) is 12.2. The Morgan fingerprint density at radius 2 is 1.90 bits per heavy atom. The average Bonchev–Trinajstić information content (AvgIpc) is 2.95. The molecule has 0 amide bonds. The molecule has 0 N–H and O–H groups in total. The van der Waals surface area contributed by atoms with Crippen molar-refractivity contribution in [2.24, 2.45) is 0 Å². The number of benzene rings is 2. The summed E-state index contributed by atoms with van der Waals surface area (Å²) in [5.74, 6) is 0.342. The maximum absolute atomic E-state index is 11.9. The molecule has 0 spiro atoms. The summed E-state index contributed by atoms with van der Waals surface area (Å²) in [4.78, 5) is 16.4. The molecule has 106 valence electrons. The second kappa shape index (κ2) is 5.93. The second-order valence-corrected chi connectivity index (χ2v) is 5.50. The fraction of sp³-hybridized carbons (Fsp3) is 0.125. The standard InChI is InChI=1S/C16H13NO3S/c1-19-12-8-6-11(7-9-12)16(18)20-10-15-17-13-4-2-3-5-14(13)21-15/h2-9H,10H2,1H3. The molecule has 0 radical (unpaired) electrons. The van der Waals surface area contributed by atoms with Gasteiger partial charge >= 0.3 is 5.97 Å². The van der Waals surface area contributed by atoms with Crippen molar-refractivity contribution in [2.75, 3.05) is 7.11 Å². The molecule has 5 heteroatoms. The first-order valence-corrected chi connectivity index (χ1v) is 7.23. The third-order valence-electron chi connectivity index (χ3n) is 2.99. The lowest BCUT2D eigenvalue weighted by Crippen LogP contribution is -2.04. The molecule has 0 saturated carbocycles. The van der Waals surface area contributed by atoms with Crippen molar-refractivity contribution in [3.8, 4) is 5.75 Å². The van der Waals surface area contributed by atoms with Gasteiger partial charge < -0.3 is 9.47 Å². The number of nitrogens with zero attached hydrogens (tertiary/aromatic N) is 1. The van der Waals surface area contributed by atoms with Crippen LogP contribution >= 0.6 is 11.3 Å². The molecule has 0 fully saturated rings. The summed E-state index contributed by atoms with van der Waals surface area (Å²) in [6.45, 7) is 0.185. The van der Waals surface area contributed by atoms with Crippen molar-refractivity contribution >= 4 is 27.5 Å². The van der Waals surface area contributed by atoms with Crippen LogP contribution in [0.25, 0.3) is 10.2 Å². The number of aromatic nitrogens is 1. The Hall–Kier alpha value is -2.40. The molecule has 0 bridgehead atoms. The maximum Gasteiger partial charge on any atom is 0.338 e. The number of hydrogen-bond donors (Lipinski definition) is 0. The fourth-order valence-electron chi connectivity index (χ4n) is 1.92. The number of carbonyl (C=O) groups excluding carboxylic acids is 1. The van der Waals surface area contributed by atoms with Crippen molar-refractivity contribution in [3.05, 3.63) is 59.1 Å². The van der Waals surface area contributed by atoms with Crippen molar-refractivity contribution < 1.29 is 14.3 Å². The Labute approximate surface area is 126 Å². The van der Waals surface area contributed by atoms with E-state index in [0.29, 0.717) is 11.3 Å². The number of ether oxygens (including phenoxy) is 2. The van der Waals surface area contributed by atoms with Crippen LogP contribution in [-0.4, -0.2) is 18.1 Å². The maximum atomic E-state index is 11.9. The molecule has 4 nitrogen and oxygen atoms in total. The lowest BCUT2D eigenvalue weighted by atomic mass is 10.2. The monoisotopic (exact) mass is 299 g/mol. The first kappa shape index (κ1) is 13.6. The minimum Gasteiger partial charge on any atom is -0.497 e. The predicted octanol–water partition coefficient (Wildman–Crippen LogP) is 3.66. The van der Waals surface area contributed by atoms with Crippen molar-refractivity contribution in [2.45, 2.75) is 6.61 Å². The summed E-state index contributed by atoms with van der Waals surface area (Å²) in [6, 6.07) is 14.7. The van der Waals surface area contributed by atoms with E-state index in [0.717, 1.165) is 15.2 Å². The molecule has 0 aliphatic heterocycles. The van der Waals surface area contributed by atoms with E-state index in [1.165, 1.54) is 11.3 Å². The van der Waals surface area contributed by atoms with Gasteiger partial charge in [0.15, 0.2) is 0 Å². The second-order valence-electron chi connectivity index (χ2n) is 4.38. The first-order chi connectivity index (χ1) is 10.3. The number of thiazole rings is 1. The van der Waals surface area contributed by atoms with Gasteiger partial charge in [-0.25, -0.2) is 9.78 Å². The summed E-state index contributed by atoms with van der Waals surface area (Å²) < 4.78 is 11.4. The lowest BCUT2D eigenvalue weighted by molar-refractivity contribution is 0.0472. The third-order valence-corrected chi connectivity index (χ3v) is 4.00. The number of fused-ring (bicyclic) bond motifs is 1. The normalized spacial score (nSPS) is 10.5. The lowest BCUT2D eigenvalue weighted by Gasteiger charge is -2.03. The van der Waals surface area contributed by atoms with Gasteiger partial charge in [-0.2, -0.15) is 0 Å². The van der Waals surface area contributed by atoms with E-state index in [1.54, 1.807) is 31.4 Å². The molecule has 0 aliphatic rings. The molecule has 1 aromatic heterocycles. The largest absolute Gasteiger partial charge is 0.497 e. The molecule has 0 unspecified atom stereocenters. The van der Waals surface area contributed by atoms with Crippen LogP contribution in [0.5, 0.6) is 5.75 Å². The van der Waals surface area contributed by atoms with E-state index >= 15 is 0 Å². The van der Waals surface area contributed by atoms with Gasteiger partial charge in [0.05, 0.1) is 22.9 Å². The number of esters is 1. The third kappa shape index (κ3) is 3.03. The summed E-state index contributed by atoms with van der Waals surface area (Å²) >= 11 is 1.53. The molecule has 2 aromatic carbocycles. The Morgan fingerprint density at radius 3 is 2.62 bits per heavy atom. The number of carbonyl (C=O) groups is 1. The van der Waals surface area contributed by atoms with Crippen LogP contribution in [0.15, 0.2) is 48.5 Å². The van der Waals surface area contributed by atoms with E-state index in [9.17, 15) is 4.79 Å². The van der Waals surface area contributed by atoms with E-state index in [4.69, 9.17) is 9.47 Å². The molecule has 1 heterocycles. The van der Waals surface area contributed by atoms with Crippen LogP contribution in [0.2, 0.25) is 0 Å². The Kier molecular flexibility index (Phi) is 3.83. The number of rotatable bonds is 4. The van der Waals surface area contributed by atoms with Gasteiger partial charge in [-0.15, -0.1) is 11.3 Å². The van der Waals surface area contributed by atoms with E-state index < -0.39 is 0 Å². The molecular weight excluding hydrogens is 286 g/mol. The number of hydrogen-bond acceptors (Lipinski definition) is 5. The van der Waals surface area contributed by atoms with Gasteiger partial charge in [0.2, 0.25) is 0 Å². The van der Waals surface area contributed by atoms with E-state index in [2.05, 4.69) is 4.98 Å². The zero-order chi connectivity index (χ0) is 14.7. The quantitative estimate of drug-likeness (QED) is 0.690. The van der Waals surface area contributed by atoms with Crippen LogP contribution in [0.1, 0.15) is 15.4 Å². The van der Waals surface area contributed by atoms with Gasteiger partial charge in [0.25, 0.3) is 0 Å². The topological polar surface area (TPSA) is 48.4 Å². The summed E-state index contributed by atoms with van der Waals surface area (Å²) in [7, 11) is 1.58. The SMILES string of the molecule is COc1ccc(C(=O)OCc2nc3ccccc3s2)cc1. The van der Waals surface area contributed by atoms with E-state index in [-0.39, 0.29) is 12.6 Å². The van der Waals surface area contributed by atoms with Crippen molar-refractivity contribution in [1.82, 2.24) is 4.98 Å². The molecule has 3 aromatic rings. The first-order valence-electron chi connectivity index (χ1n) is 6.42. The van der Waals surface area contributed by atoms with Crippen molar-refractivity contribution in [3.63, 3.8) is 0 Å². The average molecular weight is 299 g/mol. The smallest absolute Gasteiger partial charge is 0.338 e. The fourth-order valence-corrected chi connectivity index (χ4v) is 2.80. The van der Waals surface area contributed by atoms with Crippen LogP contribution < -0.4 is 4.74 Å². The highest BCUT2D eigenvalue weighted by molar-refractivity contribution is 7.18. The summed E-state index contributed by atoms with van der Waals surface area (Å²) in [5, 5.41) is 0.790. The van der Waals surface area contributed by atoms with Crippen LogP contribution in [0, 0.1) is 0 Å². The Bertz CT molecular complexity index is 732. The van der Waals surface area contributed by atoms with E-state index in [1.807, 2.05) is 24.3 Å². The molecule has 0 saturated heterocycles. The summed E-state index contributed by atoms with van der Waals surface area (Å²) in [6.07, 6.45) is 0. The highest BCUT2D eigenvalue weighted by Gasteiger charge is 2.09. The number of methoxy groups -OCH3 is 1.